The lowest BCUT2D eigenvalue weighted by Crippen LogP contribution is -2.33. The Balaban J connectivity index is 2.38. The molecule has 1 saturated heterocycles. The highest BCUT2D eigenvalue weighted by molar-refractivity contribution is 9.10. The van der Waals surface area contributed by atoms with Gasteiger partial charge in [0.15, 0.2) is 0 Å². The lowest BCUT2D eigenvalue weighted by Gasteiger charge is -2.16. The van der Waals surface area contributed by atoms with E-state index in [2.05, 4.69) is 27.6 Å². The number of hydrogen-bond acceptors (Lipinski definition) is 3. The van der Waals surface area contributed by atoms with Crippen LogP contribution in [0.2, 0.25) is 0 Å². The fourth-order valence-electron chi connectivity index (χ4n) is 1.65. The van der Waals surface area contributed by atoms with Crippen LogP contribution in [-0.2, 0) is 14.8 Å². The molecule has 14 heavy (non-hydrogen) atoms. The molecule has 1 N–H and O–H groups in total. The molecule has 1 aliphatic rings. The van der Waals surface area contributed by atoms with Crippen LogP contribution in [0.1, 0.15) is 19.8 Å². The van der Waals surface area contributed by atoms with Crippen molar-refractivity contribution in [2.24, 2.45) is 5.92 Å². The highest BCUT2D eigenvalue weighted by Gasteiger charge is 2.27. The van der Waals surface area contributed by atoms with Crippen LogP contribution < -0.4 is 4.72 Å². The Kier molecular flexibility index (Phi) is 4.82. The predicted molar refractivity (Wildman–Crippen MR) is 58.9 cm³/mol. The third kappa shape index (κ3) is 3.49. The van der Waals surface area contributed by atoms with Crippen LogP contribution in [0.4, 0.5) is 0 Å². The van der Waals surface area contributed by atoms with Crippen LogP contribution in [0.3, 0.4) is 0 Å². The van der Waals surface area contributed by atoms with Gasteiger partial charge in [-0.25, -0.2) is 13.1 Å². The minimum atomic E-state index is -3.13. The van der Waals surface area contributed by atoms with Gasteiger partial charge in [0.1, 0.15) is 4.66 Å². The van der Waals surface area contributed by atoms with Crippen molar-refractivity contribution in [1.29, 1.82) is 0 Å². The zero-order chi connectivity index (χ0) is 10.6. The van der Waals surface area contributed by atoms with Gasteiger partial charge >= 0.3 is 0 Å². The van der Waals surface area contributed by atoms with Crippen molar-refractivity contribution < 1.29 is 13.2 Å². The molecule has 0 spiro atoms. The number of hydrogen-bond donors (Lipinski definition) is 1. The maximum atomic E-state index is 11.2. The van der Waals surface area contributed by atoms with Crippen molar-refractivity contribution in [3.63, 3.8) is 0 Å². The van der Waals surface area contributed by atoms with Crippen molar-refractivity contribution in [2.75, 3.05) is 17.8 Å². The van der Waals surface area contributed by atoms with Gasteiger partial charge in [0.05, 0.1) is 6.10 Å². The Bertz CT molecular complexity index is 268. The van der Waals surface area contributed by atoms with E-state index in [1.54, 1.807) is 0 Å². The summed E-state index contributed by atoms with van der Waals surface area (Å²) in [5.74, 6) is 0.328. The smallest absolute Gasteiger partial charge is 0.221 e. The minimum Gasteiger partial charge on any atom is -0.378 e. The maximum absolute atomic E-state index is 11.2. The second kappa shape index (κ2) is 5.44. The van der Waals surface area contributed by atoms with E-state index in [1.807, 2.05) is 0 Å². The summed E-state index contributed by atoms with van der Waals surface area (Å²) >= 11 is 2.93. The van der Waals surface area contributed by atoms with E-state index in [-0.39, 0.29) is 10.8 Å². The summed E-state index contributed by atoms with van der Waals surface area (Å²) in [6.45, 7) is 3.30. The third-order valence-electron chi connectivity index (χ3n) is 2.46. The number of rotatable bonds is 5. The number of nitrogens with one attached hydrogen (secondary N) is 1. The van der Waals surface area contributed by atoms with Gasteiger partial charge in [-0.15, -0.1) is 0 Å². The van der Waals surface area contributed by atoms with Crippen LogP contribution in [0.15, 0.2) is 0 Å². The lowest BCUT2D eigenvalue weighted by molar-refractivity contribution is 0.0885. The molecule has 4 nitrogen and oxygen atoms in total. The van der Waals surface area contributed by atoms with Crippen molar-refractivity contribution in [1.82, 2.24) is 4.72 Å². The standard InChI is InChI=1S/C8H16BrNO3S/c1-2-8-7(3-4-13-8)5-10-14(11,12)6-9/h7-8,10H,2-6H2,1H3. The highest BCUT2D eigenvalue weighted by Crippen LogP contribution is 2.22. The zero-order valence-corrected chi connectivity index (χ0v) is 10.6. The molecule has 1 rings (SSSR count). The zero-order valence-electron chi connectivity index (χ0n) is 8.20. The van der Waals surface area contributed by atoms with Gasteiger partial charge < -0.3 is 4.74 Å². The fraction of sp³-hybridized carbons (Fsp3) is 1.00. The van der Waals surface area contributed by atoms with Gasteiger partial charge in [-0.2, -0.15) is 0 Å². The van der Waals surface area contributed by atoms with E-state index < -0.39 is 10.0 Å². The molecule has 0 amide bonds. The van der Waals surface area contributed by atoms with Gasteiger partial charge in [0.25, 0.3) is 0 Å². The first-order valence-electron chi connectivity index (χ1n) is 4.74. The van der Waals surface area contributed by atoms with Crippen molar-refractivity contribution in [3.05, 3.63) is 0 Å². The summed E-state index contributed by atoms with van der Waals surface area (Å²) < 4.78 is 30.3. The fourth-order valence-corrected chi connectivity index (χ4v) is 2.68. The number of sulfonamides is 1. The SMILES string of the molecule is CCC1OCCC1CNS(=O)(=O)CBr. The molecule has 0 aromatic heterocycles. The second-order valence-electron chi connectivity index (χ2n) is 3.44. The third-order valence-corrected chi connectivity index (χ3v) is 5.16. The monoisotopic (exact) mass is 285 g/mol. The van der Waals surface area contributed by atoms with Crippen molar-refractivity contribution in [2.45, 2.75) is 25.9 Å². The first-order chi connectivity index (χ1) is 6.59. The lowest BCUT2D eigenvalue weighted by atomic mass is 10.0. The van der Waals surface area contributed by atoms with Crippen LogP contribution in [0, 0.1) is 5.92 Å². The van der Waals surface area contributed by atoms with Crippen molar-refractivity contribution in [3.8, 4) is 0 Å². The molecule has 6 heteroatoms. The van der Waals surface area contributed by atoms with Gasteiger partial charge in [0.2, 0.25) is 10.0 Å². The molecule has 1 fully saturated rings. The molecule has 0 radical (unpaired) electrons. The number of halogens is 1. The first-order valence-corrected chi connectivity index (χ1v) is 7.51. The normalized spacial score (nSPS) is 28.1. The van der Waals surface area contributed by atoms with Crippen LogP contribution >= 0.6 is 15.9 Å². The molecule has 2 atom stereocenters. The summed E-state index contributed by atoms with van der Waals surface area (Å²) in [5, 5.41) is 0. The Hall–Kier alpha value is 0.350. The van der Waals surface area contributed by atoms with E-state index in [4.69, 9.17) is 4.74 Å². The summed E-state index contributed by atoms with van der Waals surface area (Å²) in [6, 6.07) is 0. The largest absolute Gasteiger partial charge is 0.378 e. The van der Waals surface area contributed by atoms with E-state index in [1.165, 1.54) is 0 Å². The van der Waals surface area contributed by atoms with Gasteiger partial charge in [0, 0.05) is 19.1 Å². The Morgan fingerprint density at radius 2 is 2.29 bits per heavy atom. The van der Waals surface area contributed by atoms with Crippen molar-refractivity contribution >= 4 is 26.0 Å². The quantitative estimate of drug-likeness (QED) is 0.769. The van der Waals surface area contributed by atoms with Crippen LogP contribution in [0.5, 0.6) is 0 Å². The molecule has 1 aliphatic heterocycles. The van der Waals surface area contributed by atoms with Crippen LogP contribution in [0.25, 0.3) is 0 Å². The summed E-state index contributed by atoms with van der Waals surface area (Å²) in [7, 11) is -3.13. The predicted octanol–water partition coefficient (Wildman–Crippen LogP) is 1.07. The molecular weight excluding hydrogens is 270 g/mol. The average molecular weight is 286 g/mol. The van der Waals surface area contributed by atoms with E-state index in [0.717, 1.165) is 19.4 Å². The maximum Gasteiger partial charge on any atom is 0.221 e. The van der Waals surface area contributed by atoms with Gasteiger partial charge in [-0.3, -0.25) is 0 Å². The number of ether oxygens (including phenoxy) is 1. The van der Waals surface area contributed by atoms with E-state index in [9.17, 15) is 8.42 Å². The van der Waals surface area contributed by atoms with Gasteiger partial charge in [-0.05, 0) is 12.8 Å². The van der Waals surface area contributed by atoms with Gasteiger partial charge in [-0.1, -0.05) is 22.9 Å². The molecule has 0 saturated carbocycles. The molecule has 0 aromatic rings. The highest BCUT2D eigenvalue weighted by atomic mass is 79.9. The minimum absolute atomic E-state index is 0.0373. The topological polar surface area (TPSA) is 55.4 Å². The molecule has 84 valence electrons. The molecular formula is C8H16BrNO3S. The molecule has 0 bridgehead atoms. The molecule has 2 unspecified atom stereocenters. The number of alkyl halides is 1. The molecule has 0 aromatic carbocycles. The second-order valence-corrected chi connectivity index (χ2v) is 6.55. The Morgan fingerprint density at radius 3 is 2.86 bits per heavy atom. The Morgan fingerprint density at radius 1 is 1.57 bits per heavy atom. The van der Waals surface area contributed by atoms with E-state index >= 15 is 0 Å². The summed E-state index contributed by atoms with van der Waals surface area (Å²) in [5.41, 5.74) is 0. The summed E-state index contributed by atoms with van der Waals surface area (Å²) in [4.78, 5) is 0. The first kappa shape index (κ1) is 12.4. The summed E-state index contributed by atoms with van der Waals surface area (Å²) in [6.07, 6.45) is 2.11. The molecule has 0 aliphatic carbocycles. The average Bonchev–Trinajstić information content (AvgIpc) is 2.62. The Labute approximate surface area is 93.6 Å². The van der Waals surface area contributed by atoms with E-state index in [0.29, 0.717) is 12.5 Å². The van der Waals surface area contributed by atoms with Crippen LogP contribution in [-0.4, -0.2) is 32.3 Å². The molecule has 1 heterocycles.